The summed E-state index contributed by atoms with van der Waals surface area (Å²) in [6.45, 7) is 0.275. The van der Waals surface area contributed by atoms with E-state index in [0.29, 0.717) is 0 Å². The average molecular weight is 114 g/mol. The smallest absolute Gasteiger partial charge is 0.322 e. The first kappa shape index (κ1) is 4.89. The molecular formula is C3H6N4O. The molecule has 5 nitrogen and oxygen atoms in total. The quantitative estimate of drug-likeness (QED) is 0.361. The van der Waals surface area contributed by atoms with Crippen molar-refractivity contribution in [3.05, 3.63) is 0 Å². The first-order valence-electron chi connectivity index (χ1n) is 2.14. The Kier molecular flexibility index (Phi) is 1.03. The van der Waals surface area contributed by atoms with Gasteiger partial charge >= 0.3 is 6.03 Å². The Morgan fingerprint density at radius 3 is 2.88 bits per heavy atom. The molecule has 1 aliphatic rings. The number of hydrogen-bond acceptors (Lipinski definition) is 3. The Bertz CT molecular complexity index is 140. The highest BCUT2D eigenvalue weighted by Gasteiger charge is 2.04. The predicted molar refractivity (Wildman–Crippen MR) is 28.2 cm³/mol. The minimum absolute atomic E-state index is 0.175. The van der Waals surface area contributed by atoms with Gasteiger partial charge in [0.2, 0.25) is 0 Å². The van der Waals surface area contributed by atoms with E-state index in [1.807, 2.05) is 0 Å². The number of aliphatic imine (C=N–C) groups is 1. The number of nitrogens with one attached hydrogen (secondary N) is 2. The summed E-state index contributed by atoms with van der Waals surface area (Å²) >= 11 is 0. The topological polar surface area (TPSA) is 79.5 Å². The molecule has 0 spiro atoms. The Hall–Kier alpha value is -1.26. The Morgan fingerprint density at radius 2 is 2.50 bits per heavy atom. The summed E-state index contributed by atoms with van der Waals surface area (Å²) in [6.07, 6.45) is 0. The fraction of sp³-hybridized carbons (Fsp3) is 0.333. The van der Waals surface area contributed by atoms with Crippen molar-refractivity contribution < 1.29 is 4.79 Å². The maximum atomic E-state index is 10.3. The van der Waals surface area contributed by atoms with Gasteiger partial charge in [0.25, 0.3) is 0 Å². The van der Waals surface area contributed by atoms with Crippen molar-refractivity contribution in [1.82, 2.24) is 10.6 Å². The van der Waals surface area contributed by atoms with Crippen molar-refractivity contribution in [1.29, 1.82) is 0 Å². The highest BCUT2D eigenvalue weighted by molar-refractivity contribution is 5.96. The van der Waals surface area contributed by atoms with Crippen LogP contribution in [0.3, 0.4) is 0 Å². The van der Waals surface area contributed by atoms with Crippen LogP contribution in [0.1, 0.15) is 0 Å². The van der Waals surface area contributed by atoms with Crippen LogP contribution in [0.25, 0.3) is 0 Å². The third-order valence-corrected chi connectivity index (χ3v) is 0.731. The zero-order chi connectivity index (χ0) is 5.98. The molecule has 1 aliphatic heterocycles. The highest BCUT2D eigenvalue weighted by atomic mass is 16.2. The SMILES string of the molecule is NC1=NCNC(=O)N1. The summed E-state index contributed by atoms with van der Waals surface area (Å²) in [6, 6.07) is -0.294. The van der Waals surface area contributed by atoms with E-state index in [1.54, 1.807) is 0 Å². The average Bonchev–Trinajstić information content (AvgIpc) is 1.64. The summed E-state index contributed by atoms with van der Waals surface area (Å²) in [7, 11) is 0. The zero-order valence-electron chi connectivity index (χ0n) is 4.14. The van der Waals surface area contributed by atoms with Crippen LogP contribution in [0, 0.1) is 0 Å². The van der Waals surface area contributed by atoms with E-state index in [4.69, 9.17) is 5.73 Å². The van der Waals surface area contributed by atoms with Crippen molar-refractivity contribution >= 4 is 12.0 Å². The summed E-state index contributed by atoms with van der Waals surface area (Å²) in [4.78, 5) is 13.9. The van der Waals surface area contributed by atoms with Gasteiger partial charge in [-0.2, -0.15) is 0 Å². The number of hydrogen-bond donors (Lipinski definition) is 3. The van der Waals surface area contributed by atoms with Gasteiger partial charge in [-0.15, -0.1) is 0 Å². The molecule has 0 bridgehead atoms. The van der Waals surface area contributed by atoms with Crippen LogP contribution in [0.2, 0.25) is 0 Å². The molecule has 0 aliphatic carbocycles. The van der Waals surface area contributed by atoms with Crippen LogP contribution in [0.15, 0.2) is 4.99 Å². The van der Waals surface area contributed by atoms with E-state index in [2.05, 4.69) is 15.6 Å². The second-order valence-electron chi connectivity index (χ2n) is 1.33. The molecule has 0 saturated carbocycles. The van der Waals surface area contributed by atoms with Crippen LogP contribution in [0.4, 0.5) is 4.79 Å². The molecule has 8 heavy (non-hydrogen) atoms. The number of nitrogens with zero attached hydrogens (tertiary/aromatic N) is 1. The third-order valence-electron chi connectivity index (χ3n) is 0.731. The number of nitrogens with two attached hydrogens (primary N) is 1. The van der Waals surface area contributed by atoms with Crippen molar-refractivity contribution in [3.8, 4) is 0 Å². The Balaban J connectivity index is 2.57. The summed E-state index contributed by atoms with van der Waals surface area (Å²) < 4.78 is 0. The third kappa shape index (κ3) is 0.868. The highest BCUT2D eigenvalue weighted by Crippen LogP contribution is 1.73. The van der Waals surface area contributed by atoms with E-state index in [9.17, 15) is 4.79 Å². The van der Waals surface area contributed by atoms with Crippen LogP contribution >= 0.6 is 0 Å². The normalized spacial score (nSPS) is 18.5. The first-order valence-corrected chi connectivity index (χ1v) is 2.14. The van der Waals surface area contributed by atoms with Gasteiger partial charge in [-0.3, -0.25) is 5.32 Å². The van der Waals surface area contributed by atoms with E-state index < -0.39 is 0 Å². The molecule has 1 heterocycles. The first-order chi connectivity index (χ1) is 3.79. The molecule has 0 atom stereocenters. The second kappa shape index (κ2) is 1.69. The molecule has 0 saturated heterocycles. The molecule has 0 fully saturated rings. The monoisotopic (exact) mass is 114 g/mol. The lowest BCUT2D eigenvalue weighted by atomic mass is 10.8. The number of amides is 2. The number of rotatable bonds is 0. The molecule has 5 heteroatoms. The molecule has 0 aromatic carbocycles. The summed E-state index contributed by atoms with van der Waals surface area (Å²) in [5.74, 6) is 0.175. The van der Waals surface area contributed by atoms with Crippen LogP contribution in [-0.2, 0) is 0 Å². The van der Waals surface area contributed by atoms with Gasteiger partial charge in [0, 0.05) is 0 Å². The molecule has 44 valence electrons. The van der Waals surface area contributed by atoms with Gasteiger partial charge in [0.05, 0.1) is 0 Å². The maximum absolute atomic E-state index is 10.3. The van der Waals surface area contributed by atoms with Gasteiger partial charge in [0.1, 0.15) is 6.67 Å². The Morgan fingerprint density at radius 1 is 1.75 bits per heavy atom. The molecule has 0 aromatic rings. The van der Waals surface area contributed by atoms with E-state index in [-0.39, 0.29) is 18.7 Å². The number of carbonyl (C=O) groups excluding carboxylic acids is 1. The molecular weight excluding hydrogens is 108 g/mol. The minimum Gasteiger partial charge on any atom is -0.370 e. The van der Waals surface area contributed by atoms with Crippen LogP contribution in [0.5, 0.6) is 0 Å². The van der Waals surface area contributed by atoms with Crippen molar-refractivity contribution in [3.63, 3.8) is 0 Å². The van der Waals surface area contributed by atoms with E-state index in [0.717, 1.165) is 0 Å². The maximum Gasteiger partial charge on any atom is 0.322 e. The number of guanidine groups is 1. The minimum atomic E-state index is -0.294. The fourth-order valence-corrected chi connectivity index (χ4v) is 0.397. The molecule has 1 rings (SSSR count). The van der Waals surface area contributed by atoms with Crippen molar-refractivity contribution in [2.24, 2.45) is 10.7 Å². The van der Waals surface area contributed by atoms with Crippen LogP contribution in [-0.4, -0.2) is 18.7 Å². The summed E-state index contributed by atoms with van der Waals surface area (Å²) in [5.41, 5.74) is 5.10. The van der Waals surface area contributed by atoms with Gasteiger partial charge in [-0.05, 0) is 0 Å². The van der Waals surface area contributed by atoms with E-state index in [1.165, 1.54) is 0 Å². The molecule has 2 amide bonds. The van der Waals surface area contributed by atoms with Gasteiger partial charge in [0.15, 0.2) is 5.96 Å². The summed E-state index contributed by atoms with van der Waals surface area (Å²) in [5, 5.41) is 4.65. The lowest BCUT2D eigenvalue weighted by molar-refractivity contribution is 0.244. The number of carbonyl (C=O) groups is 1. The predicted octanol–water partition coefficient (Wildman–Crippen LogP) is -1.43. The largest absolute Gasteiger partial charge is 0.370 e. The lowest BCUT2D eigenvalue weighted by Crippen LogP contribution is -2.47. The van der Waals surface area contributed by atoms with Crippen molar-refractivity contribution in [2.45, 2.75) is 0 Å². The van der Waals surface area contributed by atoms with Gasteiger partial charge in [-0.25, -0.2) is 9.79 Å². The van der Waals surface area contributed by atoms with E-state index >= 15 is 0 Å². The molecule has 0 radical (unpaired) electrons. The standard InChI is InChI=1S/C3H6N4O/c4-2-5-1-6-3(8)7-2/h1H2,(H4,4,5,6,7,8). The van der Waals surface area contributed by atoms with Crippen molar-refractivity contribution in [2.75, 3.05) is 6.67 Å². The molecule has 0 unspecified atom stereocenters. The molecule has 4 N–H and O–H groups in total. The zero-order valence-corrected chi connectivity index (χ0v) is 4.14. The van der Waals surface area contributed by atoms with Gasteiger partial charge < -0.3 is 11.1 Å². The van der Waals surface area contributed by atoms with Gasteiger partial charge in [-0.1, -0.05) is 0 Å². The van der Waals surface area contributed by atoms with Crippen LogP contribution < -0.4 is 16.4 Å². The Labute approximate surface area is 46.0 Å². The number of urea groups is 1. The molecule has 0 aromatic heterocycles. The second-order valence-corrected chi connectivity index (χ2v) is 1.33. The fourth-order valence-electron chi connectivity index (χ4n) is 0.397. The lowest BCUT2D eigenvalue weighted by Gasteiger charge is -2.09.